The van der Waals surface area contributed by atoms with Crippen molar-refractivity contribution in [1.82, 2.24) is 9.55 Å². The zero-order chi connectivity index (χ0) is 20.9. The largest absolute Gasteiger partial charge is 0.507 e. The minimum absolute atomic E-state index is 0.0739. The summed E-state index contributed by atoms with van der Waals surface area (Å²) < 4.78 is 1.93. The van der Waals surface area contributed by atoms with Gasteiger partial charge in [0.1, 0.15) is 18.2 Å². The van der Waals surface area contributed by atoms with Crippen molar-refractivity contribution in [2.45, 2.75) is 68.8 Å². The third kappa shape index (κ3) is 3.91. The molecule has 0 saturated heterocycles. The molecule has 3 aromatic rings. The second kappa shape index (κ2) is 7.12. The molecule has 2 aromatic carbocycles. The van der Waals surface area contributed by atoms with Crippen LogP contribution in [-0.2, 0) is 24.5 Å². The predicted molar refractivity (Wildman–Crippen MR) is 116 cm³/mol. The highest BCUT2D eigenvalue weighted by atomic mass is 32.2. The zero-order valence-corrected chi connectivity index (χ0v) is 18.6. The van der Waals surface area contributed by atoms with Crippen LogP contribution in [0, 0.1) is 0 Å². The van der Waals surface area contributed by atoms with Crippen LogP contribution in [0.5, 0.6) is 5.75 Å². The summed E-state index contributed by atoms with van der Waals surface area (Å²) in [6.45, 7) is 12.7. The maximum Gasteiger partial charge on any atom is 0.135 e. The molecule has 0 aliphatic heterocycles. The Bertz CT molecular complexity index is 988. The number of aliphatic hydroxyl groups excluding tert-OH is 1. The number of rotatable bonds is 3. The van der Waals surface area contributed by atoms with E-state index in [1.807, 2.05) is 17.7 Å². The van der Waals surface area contributed by atoms with Gasteiger partial charge in [0, 0.05) is 28.0 Å². The molecule has 4 nitrogen and oxygen atoms in total. The quantitative estimate of drug-likeness (QED) is 0.610. The van der Waals surface area contributed by atoms with Crippen LogP contribution in [0.15, 0.2) is 40.1 Å². The molecular weight excluding hydrogens is 368 g/mol. The number of aromatic hydroxyl groups is 1. The van der Waals surface area contributed by atoms with Crippen LogP contribution in [0.2, 0.25) is 0 Å². The highest BCUT2D eigenvalue weighted by Gasteiger charge is 2.26. The van der Waals surface area contributed by atoms with Gasteiger partial charge in [-0.1, -0.05) is 53.3 Å². The first-order valence-electron chi connectivity index (χ1n) is 9.54. The number of aromatic nitrogens is 2. The fourth-order valence-electron chi connectivity index (χ4n) is 3.37. The summed E-state index contributed by atoms with van der Waals surface area (Å²) in [5.41, 5.74) is 3.51. The molecule has 0 radical (unpaired) electrons. The molecule has 28 heavy (non-hydrogen) atoms. The first-order chi connectivity index (χ1) is 12.9. The van der Waals surface area contributed by atoms with Gasteiger partial charge < -0.3 is 14.8 Å². The van der Waals surface area contributed by atoms with Gasteiger partial charge in [0.15, 0.2) is 0 Å². The van der Waals surface area contributed by atoms with Crippen molar-refractivity contribution >= 4 is 22.8 Å². The average Bonchev–Trinajstić information content (AvgIpc) is 2.90. The topological polar surface area (TPSA) is 58.3 Å². The van der Waals surface area contributed by atoms with Crippen LogP contribution in [0.3, 0.4) is 0 Å². The number of phenols is 1. The Morgan fingerprint density at radius 1 is 0.929 bits per heavy atom. The lowest BCUT2D eigenvalue weighted by Gasteiger charge is -2.28. The molecule has 3 rings (SSSR count). The predicted octanol–water partition coefficient (Wildman–Crippen LogP) is 5.52. The fourth-order valence-corrected chi connectivity index (χ4v) is 4.30. The molecule has 0 unspecified atom stereocenters. The number of aliphatic hydroxyl groups is 1. The van der Waals surface area contributed by atoms with Crippen LogP contribution in [0.4, 0.5) is 0 Å². The molecule has 0 bridgehead atoms. The van der Waals surface area contributed by atoms with E-state index in [2.05, 4.69) is 70.8 Å². The molecule has 0 aliphatic rings. The second-order valence-corrected chi connectivity index (χ2v) is 10.5. The van der Waals surface area contributed by atoms with Gasteiger partial charge in [0.25, 0.3) is 0 Å². The lowest BCUT2D eigenvalue weighted by atomic mass is 9.79. The van der Waals surface area contributed by atoms with E-state index >= 15 is 0 Å². The zero-order valence-electron chi connectivity index (χ0n) is 17.8. The third-order valence-corrected chi connectivity index (χ3v) is 5.98. The molecule has 0 amide bonds. The number of benzene rings is 2. The van der Waals surface area contributed by atoms with Crippen LogP contribution in [0.1, 0.15) is 58.5 Å². The van der Waals surface area contributed by atoms with E-state index in [0.29, 0.717) is 11.6 Å². The van der Waals surface area contributed by atoms with Crippen molar-refractivity contribution in [3.05, 3.63) is 47.3 Å². The summed E-state index contributed by atoms with van der Waals surface area (Å²) in [5.74, 6) is 1.06. The van der Waals surface area contributed by atoms with Crippen LogP contribution in [0.25, 0.3) is 11.0 Å². The Kier molecular flexibility index (Phi) is 5.28. The van der Waals surface area contributed by atoms with Gasteiger partial charge in [0.05, 0.1) is 11.0 Å². The van der Waals surface area contributed by atoms with E-state index < -0.39 is 0 Å². The maximum atomic E-state index is 10.9. The second-order valence-electron chi connectivity index (χ2n) is 9.36. The number of fused-ring (bicyclic) bond motifs is 1. The highest BCUT2D eigenvalue weighted by molar-refractivity contribution is 7.99. The van der Waals surface area contributed by atoms with Gasteiger partial charge in [-0.25, -0.2) is 4.98 Å². The molecule has 0 fully saturated rings. The van der Waals surface area contributed by atoms with Gasteiger partial charge in [-0.2, -0.15) is 0 Å². The number of imidazole rings is 1. The van der Waals surface area contributed by atoms with Crippen molar-refractivity contribution in [1.29, 1.82) is 0 Å². The highest BCUT2D eigenvalue weighted by Crippen LogP contribution is 2.43. The molecular formula is C23H30N2O2S. The monoisotopic (exact) mass is 398 g/mol. The number of hydrogen-bond donors (Lipinski definition) is 2. The molecule has 0 aliphatic carbocycles. The van der Waals surface area contributed by atoms with Gasteiger partial charge >= 0.3 is 0 Å². The van der Waals surface area contributed by atoms with Crippen LogP contribution < -0.4 is 0 Å². The Balaban J connectivity index is 2.09. The van der Waals surface area contributed by atoms with Gasteiger partial charge in [0.2, 0.25) is 0 Å². The van der Waals surface area contributed by atoms with Gasteiger partial charge in [-0.3, -0.25) is 0 Å². The van der Waals surface area contributed by atoms with E-state index in [1.54, 1.807) is 11.8 Å². The Labute approximate surface area is 171 Å². The minimum Gasteiger partial charge on any atom is -0.507 e. The van der Waals surface area contributed by atoms with E-state index in [0.717, 1.165) is 32.0 Å². The van der Waals surface area contributed by atoms with E-state index in [1.165, 1.54) is 0 Å². The van der Waals surface area contributed by atoms with Crippen molar-refractivity contribution in [2.24, 2.45) is 7.05 Å². The lowest BCUT2D eigenvalue weighted by Crippen LogP contribution is -2.17. The fraction of sp³-hybridized carbons (Fsp3) is 0.435. The molecule has 1 aromatic heterocycles. The van der Waals surface area contributed by atoms with Crippen molar-refractivity contribution < 1.29 is 10.2 Å². The Hall–Kier alpha value is -1.98. The molecule has 150 valence electrons. The summed E-state index contributed by atoms with van der Waals surface area (Å²) in [5, 5.41) is 20.4. The molecule has 0 saturated carbocycles. The first kappa shape index (κ1) is 20.7. The smallest absolute Gasteiger partial charge is 0.135 e. The van der Waals surface area contributed by atoms with E-state index in [4.69, 9.17) is 0 Å². The number of hydrogen-bond acceptors (Lipinski definition) is 4. The Morgan fingerprint density at radius 3 is 2.00 bits per heavy atom. The van der Waals surface area contributed by atoms with E-state index in [9.17, 15) is 10.2 Å². The number of phenolic OH excluding ortho intramolecular Hbond substituents is 1. The normalized spacial score (nSPS) is 12.7. The summed E-state index contributed by atoms with van der Waals surface area (Å²) in [6.07, 6.45) is 0. The van der Waals surface area contributed by atoms with Gasteiger partial charge in [-0.15, -0.1) is 0 Å². The maximum absolute atomic E-state index is 10.9. The average molecular weight is 399 g/mol. The summed E-state index contributed by atoms with van der Waals surface area (Å²) in [6, 6.07) is 10.4. The van der Waals surface area contributed by atoms with Crippen molar-refractivity contribution in [3.63, 3.8) is 0 Å². The molecule has 0 atom stereocenters. The molecule has 2 N–H and O–H groups in total. The van der Waals surface area contributed by atoms with Crippen LogP contribution in [-0.4, -0.2) is 19.8 Å². The molecule has 1 heterocycles. The summed E-state index contributed by atoms with van der Waals surface area (Å²) in [7, 11) is 1.92. The molecule has 0 spiro atoms. The first-order valence-corrected chi connectivity index (χ1v) is 10.4. The van der Waals surface area contributed by atoms with Gasteiger partial charge in [-0.05, 0) is 41.2 Å². The minimum atomic E-state index is -0.150. The van der Waals surface area contributed by atoms with Crippen molar-refractivity contribution in [3.8, 4) is 5.75 Å². The SMILES string of the molecule is Cn1c(CO)nc2ccc(Sc3cc(C(C)(C)C)c(O)c(C(C)(C)C)c3)cc21. The summed E-state index contributed by atoms with van der Waals surface area (Å²) >= 11 is 1.68. The lowest BCUT2D eigenvalue weighted by molar-refractivity contribution is 0.268. The Morgan fingerprint density at radius 2 is 1.50 bits per heavy atom. The molecule has 5 heteroatoms. The van der Waals surface area contributed by atoms with Crippen molar-refractivity contribution in [2.75, 3.05) is 0 Å². The number of nitrogens with zero attached hydrogens (tertiary/aromatic N) is 2. The summed E-state index contributed by atoms with van der Waals surface area (Å²) in [4.78, 5) is 6.66. The third-order valence-electron chi connectivity index (χ3n) is 5.02. The van der Waals surface area contributed by atoms with E-state index in [-0.39, 0.29) is 17.4 Å². The van der Waals surface area contributed by atoms with Crippen LogP contribution >= 0.6 is 11.8 Å². The standard InChI is InChI=1S/C23H30N2O2S/c1-22(2,3)16-10-15(11-17(21(16)27)23(4,5)6)28-14-8-9-18-19(12-14)25(7)20(13-26)24-18/h8-12,26-27H,13H2,1-7H3. The number of aryl methyl sites for hydroxylation is 1.